The summed E-state index contributed by atoms with van der Waals surface area (Å²) in [5.74, 6) is 1.17. The van der Waals surface area contributed by atoms with E-state index in [1.54, 1.807) is 0 Å². The van der Waals surface area contributed by atoms with Crippen molar-refractivity contribution in [3.8, 4) is 0 Å². The Morgan fingerprint density at radius 1 is 1.00 bits per heavy atom. The maximum absolute atomic E-state index is 2.35. The van der Waals surface area contributed by atoms with Gasteiger partial charge in [-0.3, -0.25) is 0 Å². The molecule has 2 rings (SSSR count). The number of pyridine rings is 1. The van der Waals surface area contributed by atoms with Gasteiger partial charge in [0.25, 0.3) is 0 Å². The van der Waals surface area contributed by atoms with Crippen LogP contribution in [0.3, 0.4) is 0 Å². The highest BCUT2D eigenvalue weighted by atomic mass is 14.9. The topological polar surface area (TPSA) is 4.41 Å². The van der Waals surface area contributed by atoms with Gasteiger partial charge in [-0.1, -0.05) is 33.8 Å². The number of rotatable bonds is 2. The zero-order valence-electron chi connectivity index (χ0n) is 9.99. The van der Waals surface area contributed by atoms with Crippen LogP contribution in [-0.4, -0.2) is 4.40 Å². The van der Waals surface area contributed by atoms with Gasteiger partial charge in [0.2, 0.25) is 0 Å². The van der Waals surface area contributed by atoms with E-state index < -0.39 is 0 Å². The zero-order chi connectivity index (χ0) is 11.0. The fourth-order valence-corrected chi connectivity index (χ4v) is 2.11. The van der Waals surface area contributed by atoms with E-state index in [0.29, 0.717) is 11.8 Å². The van der Waals surface area contributed by atoms with Gasteiger partial charge in [-0.25, -0.2) is 0 Å². The fraction of sp³-hybridized carbons (Fsp3) is 0.429. The van der Waals surface area contributed by atoms with Crippen LogP contribution in [0.15, 0.2) is 30.5 Å². The highest BCUT2D eigenvalue weighted by Crippen LogP contribution is 2.27. The van der Waals surface area contributed by atoms with E-state index in [1.807, 2.05) is 0 Å². The van der Waals surface area contributed by atoms with Gasteiger partial charge in [0.1, 0.15) is 0 Å². The van der Waals surface area contributed by atoms with Gasteiger partial charge in [-0.2, -0.15) is 0 Å². The lowest BCUT2D eigenvalue weighted by Crippen LogP contribution is -1.93. The fourth-order valence-electron chi connectivity index (χ4n) is 2.11. The third kappa shape index (κ3) is 1.67. The molecule has 0 atom stereocenters. The van der Waals surface area contributed by atoms with Crippen LogP contribution in [0.5, 0.6) is 0 Å². The maximum Gasteiger partial charge on any atom is 0.0487 e. The molecule has 0 amide bonds. The molecule has 15 heavy (non-hydrogen) atoms. The van der Waals surface area contributed by atoms with Crippen LogP contribution in [-0.2, 0) is 0 Å². The molecule has 0 aromatic carbocycles. The minimum absolute atomic E-state index is 0.576. The summed E-state index contributed by atoms with van der Waals surface area (Å²) < 4.78 is 2.32. The predicted octanol–water partition coefficient (Wildman–Crippen LogP) is 4.19. The second-order valence-electron chi connectivity index (χ2n) is 4.79. The number of hydrogen-bond donors (Lipinski definition) is 0. The van der Waals surface area contributed by atoms with Crippen molar-refractivity contribution < 1.29 is 0 Å². The van der Waals surface area contributed by atoms with E-state index in [-0.39, 0.29) is 0 Å². The van der Waals surface area contributed by atoms with Gasteiger partial charge in [0.15, 0.2) is 0 Å². The summed E-state index contributed by atoms with van der Waals surface area (Å²) in [6.45, 7) is 9.01. The van der Waals surface area contributed by atoms with Gasteiger partial charge in [-0.15, -0.1) is 0 Å². The zero-order valence-corrected chi connectivity index (χ0v) is 9.99. The molecule has 2 aromatic rings. The van der Waals surface area contributed by atoms with E-state index in [2.05, 4.69) is 62.6 Å². The van der Waals surface area contributed by atoms with Crippen LogP contribution in [0, 0.1) is 0 Å². The molecule has 0 aliphatic heterocycles. The molecule has 0 saturated carbocycles. The van der Waals surface area contributed by atoms with E-state index in [0.717, 1.165) is 0 Å². The van der Waals surface area contributed by atoms with Gasteiger partial charge in [-0.05, 0) is 35.6 Å². The summed E-state index contributed by atoms with van der Waals surface area (Å²) in [4.78, 5) is 0. The summed E-state index contributed by atoms with van der Waals surface area (Å²) >= 11 is 0. The first-order chi connectivity index (χ1) is 7.11. The number of hydrogen-bond acceptors (Lipinski definition) is 0. The molecule has 0 saturated heterocycles. The first-order valence-corrected chi connectivity index (χ1v) is 5.71. The summed E-state index contributed by atoms with van der Waals surface area (Å²) in [5, 5.41) is 0. The quantitative estimate of drug-likeness (QED) is 0.686. The molecule has 0 aliphatic rings. The normalized spacial score (nSPS) is 11.9. The molecule has 0 unspecified atom stereocenters. The molecule has 2 heterocycles. The Balaban J connectivity index is 2.73. The summed E-state index contributed by atoms with van der Waals surface area (Å²) in [6.07, 6.45) is 2.16. The molecular formula is C14H19N. The van der Waals surface area contributed by atoms with Crippen LogP contribution in [0.2, 0.25) is 0 Å². The summed E-state index contributed by atoms with van der Waals surface area (Å²) in [7, 11) is 0. The van der Waals surface area contributed by atoms with E-state index in [4.69, 9.17) is 0 Å². The first kappa shape index (κ1) is 10.3. The molecule has 0 radical (unpaired) electrons. The Bertz CT molecular complexity index is 421. The Morgan fingerprint density at radius 3 is 2.33 bits per heavy atom. The van der Waals surface area contributed by atoms with Crippen LogP contribution in [0.1, 0.15) is 50.8 Å². The third-order valence-electron chi connectivity index (χ3n) is 2.95. The van der Waals surface area contributed by atoms with Crippen molar-refractivity contribution in [3.63, 3.8) is 0 Å². The molecular weight excluding hydrogens is 182 g/mol. The molecule has 1 nitrogen and oxygen atoms in total. The SMILES string of the molecule is CC(C)c1cc(C(C)C)n2ccccc12. The standard InChI is InChI=1S/C14H19N/c1-10(2)12-9-14(11(3)4)15-8-6-5-7-13(12)15/h5-11H,1-4H3. The average molecular weight is 201 g/mol. The number of nitrogens with zero attached hydrogens (tertiary/aromatic N) is 1. The van der Waals surface area contributed by atoms with Crippen molar-refractivity contribution in [2.75, 3.05) is 0 Å². The van der Waals surface area contributed by atoms with Crippen LogP contribution in [0.25, 0.3) is 5.52 Å². The second-order valence-corrected chi connectivity index (χ2v) is 4.79. The molecule has 0 fully saturated rings. The Labute approximate surface area is 91.7 Å². The molecule has 80 valence electrons. The monoisotopic (exact) mass is 201 g/mol. The molecule has 0 spiro atoms. The smallest absolute Gasteiger partial charge is 0.0487 e. The third-order valence-corrected chi connectivity index (χ3v) is 2.95. The van der Waals surface area contributed by atoms with Crippen LogP contribution < -0.4 is 0 Å². The predicted molar refractivity (Wildman–Crippen MR) is 65.6 cm³/mol. The van der Waals surface area contributed by atoms with E-state index >= 15 is 0 Å². The second kappa shape index (κ2) is 3.73. The van der Waals surface area contributed by atoms with Crippen molar-refractivity contribution >= 4 is 5.52 Å². The largest absolute Gasteiger partial charge is 0.320 e. The Morgan fingerprint density at radius 2 is 1.73 bits per heavy atom. The van der Waals surface area contributed by atoms with Gasteiger partial charge in [0.05, 0.1) is 0 Å². The molecule has 0 N–H and O–H groups in total. The Hall–Kier alpha value is -1.24. The lowest BCUT2D eigenvalue weighted by Gasteiger charge is -2.05. The van der Waals surface area contributed by atoms with Crippen molar-refractivity contribution in [3.05, 3.63) is 41.7 Å². The number of aromatic nitrogens is 1. The Kier molecular flexibility index (Phi) is 2.56. The molecule has 0 bridgehead atoms. The lowest BCUT2D eigenvalue weighted by atomic mass is 10.0. The summed E-state index contributed by atoms with van der Waals surface area (Å²) in [6, 6.07) is 8.78. The first-order valence-electron chi connectivity index (χ1n) is 5.71. The maximum atomic E-state index is 2.35. The molecule has 2 aromatic heterocycles. The average Bonchev–Trinajstić information content (AvgIpc) is 2.56. The van der Waals surface area contributed by atoms with Crippen molar-refractivity contribution in [2.45, 2.75) is 39.5 Å². The van der Waals surface area contributed by atoms with Crippen molar-refractivity contribution in [2.24, 2.45) is 0 Å². The minimum atomic E-state index is 0.576. The number of fused-ring (bicyclic) bond motifs is 1. The summed E-state index contributed by atoms with van der Waals surface area (Å²) in [5.41, 5.74) is 4.23. The molecule has 0 aliphatic carbocycles. The van der Waals surface area contributed by atoms with E-state index in [9.17, 15) is 0 Å². The van der Waals surface area contributed by atoms with Crippen LogP contribution in [0.4, 0.5) is 0 Å². The molecule has 1 heteroatoms. The van der Waals surface area contributed by atoms with E-state index in [1.165, 1.54) is 16.8 Å². The van der Waals surface area contributed by atoms with Crippen molar-refractivity contribution in [1.82, 2.24) is 4.40 Å². The highest BCUT2D eigenvalue weighted by molar-refractivity contribution is 5.59. The van der Waals surface area contributed by atoms with Gasteiger partial charge >= 0.3 is 0 Å². The van der Waals surface area contributed by atoms with Crippen molar-refractivity contribution in [1.29, 1.82) is 0 Å². The highest BCUT2D eigenvalue weighted by Gasteiger charge is 2.12. The lowest BCUT2D eigenvalue weighted by molar-refractivity contribution is 0.808. The van der Waals surface area contributed by atoms with Crippen LogP contribution >= 0.6 is 0 Å². The van der Waals surface area contributed by atoms with Gasteiger partial charge < -0.3 is 4.40 Å². The van der Waals surface area contributed by atoms with Gasteiger partial charge in [0, 0.05) is 17.4 Å². The minimum Gasteiger partial charge on any atom is -0.320 e.